The second-order valence-electron chi connectivity index (χ2n) is 9.42. The van der Waals surface area contributed by atoms with E-state index in [0.717, 1.165) is 31.5 Å². The molecule has 156 valence electrons. The first kappa shape index (κ1) is 19.9. The number of ether oxygens (including phenoxy) is 3. The molecular formula is C22H31F2NO3. The maximum Gasteiger partial charge on any atom is 0.197 e. The quantitative estimate of drug-likeness (QED) is 0.730. The van der Waals surface area contributed by atoms with Gasteiger partial charge in [-0.05, 0) is 70.1 Å². The average molecular weight is 395 g/mol. The molecule has 0 N–H and O–H groups in total. The number of piperidine rings is 1. The van der Waals surface area contributed by atoms with Gasteiger partial charge >= 0.3 is 0 Å². The van der Waals surface area contributed by atoms with Crippen LogP contribution in [0, 0.1) is 5.82 Å². The van der Waals surface area contributed by atoms with Crippen molar-refractivity contribution in [3.63, 3.8) is 0 Å². The van der Waals surface area contributed by atoms with Crippen molar-refractivity contribution >= 4 is 0 Å². The molecule has 2 aliphatic heterocycles. The summed E-state index contributed by atoms with van der Waals surface area (Å²) in [5.74, 6) is 0.0325. The van der Waals surface area contributed by atoms with E-state index < -0.39 is 5.67 Å². The summed E-state index contributed by atoms with van der Waals surface area (Å²) in [6.45, 7) is 7.77. The van der Waals surface area contributed by atoms with Gasteiger partial charge < -0.3 is 14.2 Å². The van der Waals surface area contributed by atoms with Gasteiger partial charge in [0, 0.05) is 19.1 Å². The number of alkyl halides is 1. The van der Waals surface area contributed by atoms with Crippen LogP contribution < -0.4 is 9.47 Å². The van der Waals surface area contributed by atoms with Crippen molar-refractivity contribution in [2.45, 2.75) is 76.3 Å². The fourth-order valence-corrected chi connectivity index (χ4v) is 4.44. The van der Waals surface area contributed by atoms with Crippen LogP contribution in [0.15, 0.2) is 6.07 Å². The van der Waals surface area contributed by atoms with Crippen LogP contribution in [-0.4, -0.2) is 49.1 Å². The van der Waals surface area contributed by atoms with Gasteiger partial charge in [0.25, 0.3) is 0 Å². The number of hydrogen-bond donors (Lipinski definition) is 0. The smallest absolute Gasteiger partial charge is 0.197 e. The highest BCUT2D eigenvalue weighted by molar-refractivity contribution is 5.51. The molecule has 0 amide bonds. The number of hydrogen-bond acceptors (Lipinski definition) is 4. The predicted molar refractivity (Wildman–Crippen MR) is 103 cm³/mol. The molecule has 0 bridgehead atoms. The Balaban J connectivity index is 1.56. The SMILES string of the molecule is COc1cc2c(c(F)c1OCC1(F)CC1)CCN1CC(OC(C)(C)C)CCC21. The lowest BCUT2D eigenvalue weighted by Crippen LogP contribution is -2.47. The molecule has 1 aromatic carbocycles. The van der Waals surface area contributed by atoms with E-state index in [1.807, 2.05) is 6.07 Å². The monoisotopic (exact) mass is 395 g/mol. The minimum absolute atomic E-state index is 0.0587. The van der Waals surface area contributed by atoms with E-state index in [0.29, 0.717) is 30.6 Å². The number of halogens is 2. The summed E-state index contributed by atoms with van der Waals surface area (Å²) < 4.78 is 46.4. The molecule has 2 atom stereocenters. The van der Waals surface area contributed by atoms with Crippen molar-refractivity contribution in [1.82, 2.24) is 4.90 Å². The number of rotatable bonds is 5. The Kier molecular flexibility index (Phi) is 5.07. The molecule has 4 rings (SSSR count). The Hall–Kier alpha value is -1.40. The summed E-state index contributed by atoms with van der Waals surface area (Å²) in [6, 6.07) is 2.06. The van der Waals surface area contributed by atoms with E-state index in [-0.39, 0.29) is 35.9 Å². The fourth-order valence-electron chi connectivity index (χ4n) is 4.44. The molecule has 2 fully saturated rings. The molecule has 2 unspecified atom stereocenters. The summed E-state index contributed by atoms with van der Waals surface area (Å²) >= 11 is 0. The summed E-state index contributed by atoms with van der Waals surface area (Å²) in [4.78, 5) is 2.39. The lowest BCUT2D eigenvalue weighted by Gasteiger charge is -2.45. The van der Waals surface area contributed by atoms with E-state index in [2.05, 4.69) is 25.7 Å². The van der Waals surface area contributed by atoms with Gasteiger partial charge in [0.05, 0.1) is 18.8 Å². The third-order valence-electron chi connectivity index (χ3n) is 5.98. The van der Waals surface area contributed by atoms with Crippen LogP contribution in [0.25, 0.3) is 0 Å². The Morgan fingerprint density at radius 3 is 2.64 bits per heavy atom. The second-order valence-corrected chi connectivity index (χ2v) is 9.42. The highest BCUT2D eigenvalue weighted by atomic mass is 19.1. The van der Waals surface area contributed by atoms with Gasteiger partial charge in [-0.1, -0.05) is 0 Å². The Morgan fingerprint density at radius 1 is 1.25 bits per heavy atom. The van der Waals surface area contributed by atoms with Gasteiger partial charge in [0.1, 0.15) is 12.3 Å². The first-order valence-corrected chi connectivity index (χ1v) is 10.3. The van der Waals surface area contributed by atoms with Crippen molar-refractivity contribution in [1.29, 1.82) is 0 Å². The zero-order valence-corrected chi connectivity index (χ0v) is 17.3. The summed E-state index contributed by atoms with van der Waals surface area (Å²) in [6.07, 6.45) is 3.65. The minimum atomic E-state index is -1.30. The predicted octanol–water partition coefficient (Wildman–Crippen LogP) is 4.59. The first-order chi connectivity index (χ1) is 13.2. The van der Waals surface area contributed by atoms with Crippen molar-refractivity contribution in [2.24, 2.45) is 0 Å². The number of methoxy groups -OCH3 is 1. The third kappa shape index (κ3) is 3.99. The molecule has 1 aromatic rings. The highest BCUT2D eigenvalue weighted by Crippen LogP contribution is 2.46. The third-order valence-corrected chi connectivity index (χ3v) is 5.98. The number of benzene rings is 1. The van der Waals surface area contributed by atoms with E-state index in [1.165, 1.54) is 7.11 Å². The van der Waals surface area contributed by atoms with Crippen molar-refractivity contribution < 1.29 is 23.0 Å². The second kappa shape index (κ2) is 7.13. The molecule has 0 radical (unpaired) electrons. The van der Waals surface area contributed by atoms with Crippen molar-refractivity contribution in [3.05, 3.63) is 23.0 Å². The Labute approximate surface area is 166 Å². The standard InChI is InChI=1S/C22H31F2NO3/c1-21(2,3)28-14-5-6-17-16-11-18(26-4)20(27-13-22(24)8-9-22)19(23)15(16)7-10-25(17)12-14/h11,14,17H,5-10,12-13H2,1-4H3. The minimum Gasteiger partial charge on any atom is -0.493 e. The zero-order chi connectivity index (χ0) is 20.1. The highest BCUT2D eigenvalue weighted by Gasteiger charge is 2.45. The average Bonchev–Trinajstić information content (AvgIpc) is 3.36. The topological polar surface area (TPSA) is 30.9 Å². The lowest BCUT2D eigenvalue weighted by atomic mass is 9.85. The zero-order valence-electron chi connectivity index (χ0n) is 17.3. The molecule has 1 aliphatic carbocycles. The molecule has 1 saturated heterocycles. The van der Waals surface area contributed by atoms with Crippen LogP contribution in [0.2, 0.25) is 0 Å². The maximum absolute atomic E-state index is 15.3. The van der Waals surface area contributed by atoms with Gasteiger partial charge in [-0.25, -0.2) is 8.78 Å². The number of fused-ring (bicyclic) bond motifs is 3. The Morgan fingerprint density at radius 2 is 2.00 bits per heavy atom. The van der Waals surface area contributed by atoms with E-state index in [9.17, 15) is 4.39 Å². The normalized spacial score (nSPS) is 26.4. The van der Waals surface area contributed by atoms with Gasteiger partial charge in [-0.3, -0.25) is 4.90 Å². The van der Waals surface area contributed by atoms with E-state index in [4.69, 9.17) is 14.2 Å². The van der Waals surface area contributed by atoms with E-state index >= 15 is 4.39 Å². The molecule has 0 spiro atoms. The summed E-state index contributed by atoms with van der Waals surface area (Å²) in [7, 11) is 1.50. The molecule has 3 aliphatic rings. The van der Waals surface area contributed by atoms with Gasteiger partial charge in [-0.2, -0.15) is 0 Å². The van der Waals surface area contributed by atoms with Crippen LogP contribution in [-0.2, 0) is 11.2 Å². The molecule has 6 heteroatoms. The first-order valence-electron chi connectivity index (χ1n) is 10.3. The molecule has 28 heavy (non-hydrogen) atoms. The van der Waals surface area contributed by atoms with Crippen molar-refractivity contribution in [2.75, 3.05) is 26.8 Å². The van der Waals surface area contributed by atoms with Crippen LogP contribution in [0.5, 0.6) is 11.5 Å². The summed E-state index contributed by atoms with van der Waals surface area (Å²) in [5.41, 5.74) is 0.206. The van der Waals surface area contributed by atoms with Crippen LogP contribution in [0.1, 0.15) is 63.6 Å². The molecule has 1 saturated carbocycles. The van der Waals surface area contributed by atoms with E-state index in [1.54, 1.807) is 0 Å². The van der Waals surface area contributed by atoms with Crippen LogP contribution in [0.3, 0.4) is 0 Å². The number of nitrogens with zero attached hydrogens (tertiary/aromatic N) is 1. The van der Waals surface area contributed by atoms with Gasteiger partial charge in [-0.15, -0.1) is 0 Å². The van der Waals surface area contributed by atoms with Gasteiger partial charge in [0.2, 0.25) is 0 Å². The largest absolute Gasteiger partial charge is 0.493 e. The van der Waals surface area contributed by atoms with Crippen molar-refractivity contribution in [3.8, 4) is 11.5 Å². The Bertz CT molecular complexity index is 742. The van der Waals surface area contributed by atoms with Crippen LogP contribution >= 0.6 is 0 Å². The summed E-state index contributed by atoms with van der Waals surface area (Å²) in [5, 5.41) is 0. The molecular weight excluding hydrogens is 364 g/mol. The molecule has 4 nitrogen and oxygen atoms in total. The fraction of sp³-hybridized carbons (Fsp3) is 0.727. The maximum atomic E-state index is 15.3. The molecule has 2 heterocycles. The van der Waals surface area contributed by atoms with Gasteiger partial charge in [0.15, 0.2) is 17.3 Å². The molecule has 0 aromatic heterocycles. The lowest BCUT2D eigenvalue weighted by molar-refractivity contribution is -0.0972. The van der Waals surface area contributed by atoms with Crippen LogP contribution in [0.4, 0.5) is 8.78 Å².